The highest BCUT2D eigenvalue weighted by atomic mass is 16.5. The summed E-state index contributed by atoms with van der Waals surface area (Å²) in [7, 11) is 0. The van der Waals surface area contributed by atoms with Crippen molar-refractivity contribution in [2.75, 3.05) is 0 Å². The first-order valence-electron chi connectivity index (χ1n) is 6.20. The van der Waals surface area contributed by atoms with E-state index < -0.39 is 0 Å². The molecule has 0 aliphatic rings. The van der Waals surface area contributed by atoms with Gasteiger partial charge in [0.25, 0.3) is 0 Å². The van der Waals surface area contributed by atoms with Crippen molar-refractivity contribution in [3.63, 3.8) is 0 Å². The fourth-order valence-corrected chi connectivity index (χ4v) is 1.78. The molecule has 4 nitrogen and oxygen atoms in total. The van der Waals surface area contributed by atoms with Gasteiger partial charge < -0.3 is 14.9 Å². The van der Waals surface area contributed by atoms with Gasteiger partial charge in [-0.15, -0.1) is 0 Å². The molecule has 1 aromatic heterocycles. The Morgan fingerprint density at radius 2 is 2.05 bits per heavy atom. The monoisotopic (exact) mass is 256 g/mol. The van der Waals surface area contributed by atoms with Gasteiger partial charge in [0, 0.05) is 6.04 Å². The molecule has 0 saturated carbocycles. The third-order valence-electron chi connectivity index (χ3n) is 2.93. The Kier molecular flexibility index (Phi) is 4.22. The van der Waals surface area contributed by atoms with Gasteiger partial charge in [0.1, 0.15) is 11.5 Å². The zero-order valence-corrected chi connectivity index (χ0v) is 10.7. The second-order valence-electron chi connectivity index (χ2n) is 4.26. The minimum absolute atomic E-state index is 0.151. The third-order valence-corrected chi connectivity index (χ3v) is 2.93. The van der Waals surface area contributed by atoms with Crippen molar-refractivity contribution >= 4 is 0 Å². The molecule has 2 N–H and O–H groups in total. The van der Waals surface area contributed by atoms with Gasteiger partial charge in [0.15, 0.2) is 6.10 Å². The lowest BCUT2D eigenvalue weighted by atomic mass is 10.1. The highest BCUT2D eigenvalue weighted by Gasteiger charge is 2.23. The van der Waals surface area contributed by atoms with Crippen LogP contribution >= 0.6 is 0 Å². The van der Waals surface area contributed by atoms with Gasteiger partial charge in [-0.05, 0) is 42.8 Å². The van der Waals surface area contributed by atoms with Crippen LogP contribution in [0, 0.1) is 11.3 Å². The molecular weight excluding hydrogens is 240 g/mol. The predicted octanol–water partition coefficient (Wildman–Crippen LogP) is 3.01. The number of ether oxygens (including phenoxy) is 1. The molecule has 0 aliphatic heterocycles. The molecule has 0 saturated heterocycles. The van der Waals surface area contributed by atoms with Crippen LogP contribution in [-0.4, -0.2) is 6.04 Å². The lowest BCUT2D eigenvalue weighted by Crippen LogP contribution is -2.31. The smallest absolute Gasteiger partial charge is 0.171 e. The van der Waals surface area contributed by atoms with Crippen molar-refractivity contribution < 1.29 is 9.15 Å². The zero-order chi connectivity index (χ0) is 13.7. The van der Waals surface area contributed by atoms with E-state index in [-0.39, 0.29) is 12.1 Å². The van der Waals surface area contributed by atoms with Crippen LogP contribution in [0.15, 0.2) is 47.1 Å². The molecule has 1 aromatic carbocycles. The average molecular weight is 256 g/mol. The standard InChI is InChI=1S/C15H16N2O2/c1-2-13(17)15(14-4-3-9-18-14)19-12-7-5-11(10-16)6-8-12/h3-9,13,15H,2,17H2,1H3. The summed E-state index contributed by atoms with van der Waals surface area (Å²) < 4.78 is 11.3. The molecule has 2 unspecified atom stereocenters. The van der Waals surface area contributed by atoms with Gasteiger partial charge in [-0.1, -0.05) is 6.92 Å². The van der Waals surface area contributed by atoms with Crippen molar-refractivity contribution in [2.24, 2.45) is 5.73 Å². The first kappa shape index (κ1) is 13.2. The van der Waals surface area contributed by atoms with Gasteiger partial charge >= 0.3 is 0 Å². The molecular formula is C15H16N2O2. The number of furan rings is 1. The molecule has 2 rings (SSSR count). The van der Waals surface area contributed by atoms with Gasteiger partial charge in [0.2, 0.25) is 0 Å². The molecule has 0 aliphatic carbocycles. The van der Waals surface area contributed by atoms with E-state index in [1.165, 1.54) is 0 Å². The number of nitriles is 1. The minimum atomic E-state index is -0.326. The Bertz CT molecular complexity index is 541. The molecule has 0 radical (unpaired) electrons. The number of rotatable bonds is 5. The molecule has 19 heavy (non-hydrogen) atoms. The van der Waals surface area contributed by atoms with Gasteiger partial charge in [-0.2, -0.15) is 5.26 Å². The molecule has 0 amide bonds. The average Bonchev–Trinajstić information content (AvgIpc) is 2.98. The molecule has 0 fully saturated rings. The molecule has 2 atom stereocenters. The van der Waals surface area contributed by atoms with Gasteiger partial charge in [-0.25, -0.2) is 0 Å². The Hall–Kier alpha value is -2.25. The lowest BCUT2D eigenvalue weighted by Gasteiger charge is -2.22. The molecule has 2 aromatic rings. The maximum atomic E-state index is 8.76. The van der Waals surface area contributed by atoms with E-state index in [1.54, 1.807) is 30.5 Å². The van der Waals surface area contributed by atoms with Gasteiger partial charge in [-0.3, -0.25) is 0 Å². The molecule has 0 bridgehead atoms. The number of nitrogens with zero attached hydrogens (tertiary/aromatic N) is 1. The first-order valence-corrected chi connectivity index (χ1v) is 6.20. The van der Waals surface area contributed by atoms with E-state index in [0.717, 1.165) is 6.42 Å². The molecule has 4 heteroatoms. The topological polar surface area (TPSA) is 72.2 Å². The number of hydrogen-bond donors (Lipinski definition) is 1. The van der Waals surface area contributed by atoms with Crippen molar-refractivity contribution in [3.05, 3.63) is 54.0 Å². The van der Waals surface area contributed by atoms with Crippen molar-refractivity contribution in [1.29, 1.82) is 5.26 Å². The van der Waals surface area contributed by atoms with Crippen molar-refractivity contribution in [3.8, 4) is 11.8 Å². The second kappa shape index (κ2) is 6.07. The normalized spacial score (nSPS) is 13.5. The van der Waals surface area contributed by atoms with Crippen LogP contribution in [0.1, 0.15) is 30.8 Å². The van der Waals surface area contributed by atoms with E-state index in [1.807, 2.05) is 19.1 Å². The van der Waals surface area contributed by atoms with Crippen LogP contribution in [0.4, 0.5) is 0 Å². The summed E-state index contributed by atoms with van der Waals surface area (Å²) in [6.07, 6.45) is 2.06. The van der Waals surface area contributed by atoms with E-state index in [4.69, 9.17) is 20.1 Å². The van der Waals surface area contributed by atoms with Crippen LogP contribution in [0.2, 0.25) is 0 Å². The zero-order valence-electron chi connectivity index (χ0n) is 10.7. The fraction of sp³-hybridized carbons (Fsp3) is 0.267. The quantitative estimate of drug-likeness (QED) is 0.892. The number of hydrogen-bond acceptors (Lipinski definition) is 4. The predicted molar refractivity (Wildman–Crippen MR) is 71.5 cm³/mol. The molecule has 0 spiro atoms. The Morgan fingerprint density at radius 1 is 1.32 bits per heavy atom. The third kappa shape index (κ3) is 3.15. The first-order chi connectivity index (χ1) is 9.24. The minimum Gasteiger partial charge on any atom is -0.481 e. The summed E-state index contributed by atoms with van der Waals surface area (Å²) in [5.41, 5.74) is 6.67. The summed E-state index contributed by atoms with van der Waals surface area (Å²) in [5.74, 6) is 1.38. The van der Waals surface area contributed by atoms with Crippen LogP contribution in [0.25, 0.3) is 0 Å². The van der Waals surface area contributed by atoms with Crippen molar-refractivity contribution in [1.82, 2.24) is 0 Å². The van der Waals surface area contributed by atoms with E-state index in [9.17, 15) is 0 Å². The molecule has 98 valence electrons. The van der Waals surface area contributed by atoms with Crippen LogP contribution in [0.5, 0.6) is 5.75 Å². The van der Waals surface area contributed by atoms with E-state index in [2.05, 4.69) is 6.07 Å². The van der Waals surface area contributed by atoms with Gasteiger partial charge in [0.05, 0.1) is 17.9 Å². The summed E-state index contributed by atoms with van der Waals surface area (Å²) in [4.78, 5) is 0. The number of benzene rings is 1. The summed E-state index contributed by atoms with van der Waals surface area (Å²) in [6, 6.07) is 12.5. The summed E-state index contributed by atoms with van der Waals surface area (Å²) in [6.45, 7) is 2.00. The van der Waals surface area contributed by atoms with E-state index in [0.29, 0.717) is 17.1 Å². The second-order valence-corrected chi connectivity index (χ2v) is 4.26. The van der Waals surface area contributed by atoms with Crippen LogP contribution in [0.3, 0.4) is 0 Å². The highest BCUT2D eigenvalue weighted by molar-refractivity contribution is 5.34. The number of nitrogens with two attached hydrogens (primary N) is 1. The highest BCUT2D eigenvalue weighted by Crippen LogP contribution is 2.26. The maximum absolute atomic E-state index is 8.76. The van der Waals surface area contributed by atoms with Crippen molar-refractivity contribution in [2.45, 2.75) is 25.5 Å². The summed E-state index contributed by atoms with van der Waals surface area (Å²) >= 11 is 0. The van der Waals surface area contributed by atoms with E-state index >= 15 is 0 Å². The molecule has 1 heterocycles. The lowest BCUT2D eigenvalue weighted by molar-refractivity contribution is 0.145. The Balaban J connectivity index is 2.18. The SMILES string of the molecule is CCC(N)C(Oc1ccc(C#N)cc1)c1ccco1. The fourth-order valence-electron chi connectivity index (χ4n) is 1.78. The van der Waals surface area contributed by atoms with Crippen LogP contribution in [-0.2, 0) is 0 Å². The Morgan fingerprint density at radius 3 is 2.58 bits per heavy atom. The van der Waals surface area contributed by atoms with Crippen LogP contribution < -0.4 is 10.5 Å². The summed E-state index contributed by atoms with van der Waals surface area (Å²) in [5, 5.41) is 8.76. The maximum Gasteiger partial charge on any atom is 0.171 e. The Labute approximate surface area is 112 Å². The largest absolute Gasteiger partial charge is 0.481 e.